The Labute approximate surface area is 131 Å². The maximum atomic E-state index is 12.9. The maximum Gasteiger partial charge on any atom is 0.307 e. The highest BCUT2D eigenvalue weighted by Crippen LogP contribution is 2.28. The summed E-state index contributed by atoms with van der Waals surface area (Å²) in [4.78, 5) is 11.6. The molecule has 2 rings (SSSR count). The Morgan fingerprint density at radius 1 is 1.14 bits per heavy atom. The molecule has 110 valence electrons. The van der Waals surface area contributed by atoms with E-state index in [2.05, 4.69) is 15.9 Å². The van der Waals surface area contributed by atoms with E-state index < -0.39 is 11.9 Å². The summed E-state index contributed by atoms with van der Waals surface area (Å²) in [7, 11) is 0. The Hall–Kier alpha value is -1.68. The minimum atomic E-state index is -0.838. The van der Waals surface area contributed by atoms with Crippen molar-refractivity contribution in [2.45, 2.75) is 19.3 Å². The number of rotatable bonds is 5. The molecule has 4 heteroatoms. The first kappa shape index (κ1) is 15.7. The zero-order chi connectivity index (χ0) is 15.4. The number of carboxylic acids is 1. The molecule has 2 nitrogen and oxygen atoms in total. The van der Waals surface area contributed by atoms with Crippen LogP contribution in [0, 0.1) is 11.7 Å². The lowest BCUT2D eigenvalue weighted by Gasteiger charge is -2.21. The van der Waals surface area contributed by atoms with Crippen LogP contribution < -0.4 is 0 Å². The molecule has 0 aromatic heterocycles. The third-order valence-electron chi connectivity index (χ3n) is 3.69. The topological polar surface area (TPSA) is 37.3 Å². The van der Waals surface area contributed by atoms with Crippen molar-refractivity contribution in [3.05, 3.63) is 69.9 Å². The lowest BCUT2D eigenvalue weighted by molar-refractivity contribution is -0.142. The summed E-state index contributed by atoms with van der Waals surface area (Å²) in [5.41, 5.74) is 1.81. The summed E-state index contributed by atoms with van der Waals surface area (Å²) < 4.78 is 13.9. The Balaban J connectivity index is 2.20. The van der Waals surface area contributed by atoms with E-state index in [0.717, 1.165) is 15.6 Å². The van der Waals surface area contributed by atoms with Gasteiger partial charge in [0.1, 0.15) is 5.82 Å². The number of hydrogen-bond donors (Lipinski definition) is 1. The molecule has 0 aliphatic heterocycles. The maximum absolute atomic E-state index is 12.9. The van der Waals surface area contributed by atoms with Crippen LogP contribution in [-0.4, -0.2) is 11.1 Å². The van der Waals surface area contributed by atoms with E-state index in [0.29, 0.717) is 6.42 Å². The number of halogens is 2. The molecule has 0 saturated heterocycles. The average Bonchev–Trinajstić information content (AvgIpc) is 2.46. The van der Waals surface area contributed by atoms with E-state index >= 15 is 0 Å². The third-order valence-corrected chi connectivity index (χ3v) is 4.21. The largest absolute Gasteiger partial charge is 0.481 e. The first-order valence-electron chi connectivity index (χ1n) is 6.70. The van der Waals surface area contributed by atoms with Crippen LogP contribution in [0.4, 0.5) is 4.39 Å². The molecule has 2 unspecified atom stereocenters. The number of aliphatic carboxylic acids is 1. The van der Waals surface area contributed by atoms with Gasteiger partial charge in [-0.15, -0.1) is 0 Å². The van der Waals surface area contributed by atoms with Gasteiger partial charge in [0.05, 0.1) is 5.92 Å². The minimum Gasteiger partial charge on any atom is -0.481 e. The second-order valence-electron chi connectivity index (χ2n) is 5.12. The van der Waals surface area contributed by atoms with Crippen LogP contribution in [0.5, 0.6) is 0 Å². The second-order valence-corrected chi connectivity index (χ2v) is 6.03. The van der Waals surface area contributed by atoms with Gasteiger partial charge >= 0.3 is 5.97 Å². The summed E-state index contributed by atoms with van der Waals surface area (Å²) >= 11 is 3.37. The summed E-state index contributed by atoms with van der Waals surface area (Å²) in [6.45, 7) is 1.91. The van der Waals surface area contributed by atoms with Crippen molar-refractivity contribution in [3.8, 4) is 0 Å². The fourth-order valence-corrected chi connectivity index (χ4v) is 2.62. The van der Waals surface area contributed by atoms with Crippen molar-refractivity contribution in [2.75, 3.05) is 0 Å². The van der Waals surface area contributed by atoms with Gasteiger partial charge in [-0.2, -0.15) is 0 Å². The SMILES string of the molecule is CC(c1ccc(Br)cc1)C(Cc1ccc(F)cc1)C(=O)O. The first-order chi connectivity index (χ1) is 9.97. The monoisotopic (exact) mass is 350 g/mol. The molecule has 0 bridgehead atoms. The van der Waals surface area contributed by atoms with Gasteiger partial charge in [0, 0.05) is 4.47 Å². The lowest BCUT2D eigenvalue weighted by atomic mass is 9.83. The van der Waals surface area contributed by atoms with Crippen molar-refractivity contribution >= 4 is 21.9 Å². The van der Waals surface area contributed by atoms with Crippen LogP contribution >= 0.6 is 15.9 Å². The van der Waals surface area contributed by atoms with Gasteiger partial charge in [-0.1, -0.05) is 47.1 Å². The van der Waals surface area contributed by atoms with E-state index in [1.165, 1.54) is 12.1 Å². The van der Waals surface area contributed by atoms with Gasteiger partial charge < -0.3 is 5.11 Å². The van der Waals surface area contributed by atoms with E-state index in [4.69, 9.17) is 0 Å². The van der Waals surface area contributed by atoms with Gasteiger partial charge in [0.15, 0.2) is 0 Å². The highest BCUT2D eigenvalue weighted by Gasteiger charge is 2.26. The van der Waals surface area contributed by atoms with Gasteiger partial charge in [-0.25, -0.2) is 4.39 Å². The van der Waals surface area contributed by atoms with Crippen LogP contribution in [0.2, 0.25) is 0 Å². The van der Waals surface area contributed by atoms with E-state index in [-0.39, 0.29) is 11.7 Å². The molecular weight excluding hydrogens is 335 g/mol. The van der Waals surface area contributed by atoms with Gasteiger partial charge in [0.2, 0.25) is 0 Å². The molecule has 0 radical (unpaired) electrons. The van der Waals surface area contributed by atoms with Crippen LogP contribution in [0.1, 0.15) is 24.0 Å². The molecule has 21 heavy (non-hydrogen) atoms. The molecule has 0 saturated carbocycles. The first-order valence-corrected chi connectivity index (χ1v) is 7.49. The Morgan fingerprint density at radius 2 is 1.71 bits per heavy atom. The molecule has 1 N–H and O–H groups in total. The molecule has 0 aliphatic rings. The van der Waals surface area contributed by atoms with Crippen LogP contribution in [0.25, 0.3) is 0 Å². The predicted molar refractivity (Wildman–Crippen MR) is 83.8 cm³/mol. The molecule has 0 amide bonds. The standard InChI is InChI=1S/C17H16BrFO2/c1-11(13-4-6-14(18)7-5-13)16(17(20)21)10-12-2-8-15(19)9-3-12/h2-9,11,16H,10H2,1H3,(H,20,21). The quantitative estimate of drug-likeness (QED) is 0.852. The Bertz CT molecular complexity index is 608. The highest BCUT2D eigenvalue weighted by atomic mass is 79.9. The van der Waals surface area contributed by atoms with Gasteiger partial charge in [-0.05, 0) is 47.7 Å². The van der Waals surface area contributed by atoms with Crippen molar-refractivity contribution in [2.24, 2.45) is 5.92 Å². The summed E-state index contributed by atoms with van der Waals surface area (Å²) in [5, 5.41) is 9.49. The van der Waals surface area contributed by atoms with Crippen LogP contribution in [0.15, 0.2) is 53.0 Å². The normalized spacial score (nSPS) is 13.7. The van der Waals surface area contributed by atoms with E-state index in [9.17, 15) is 14.3 Å². The smallest absolute Gasteiger partial charge is 0.307 e. The van der Waals surface area contributed by atoms with Gasteiger partial charge in [-0.3, -0.25) is 4.79 Å². The van der Waals surface area contributed by atoms with Crippen molar-refractivity contribution in [1.29, 1.82) is 0 Å². The van der Waals surface area contributed by atoms with Crippen molar-refractivity contribution in [3.63, 3.8) is 0 Å². The molecule has 2 aromatic rings. The van der Waals surface area contributed by atoms with Crippen LogP contribution in [-0.2, 0) is 11.2 Å². The van der Waals surface area contributed by atoms with Crippen molar-refractivity contribution in [1.82, 2.24) is 0 Å². The van der Waals surface area contributed by atoms with Gasteiger partial charge in [0.25, 0.3) is 0 Å². The Kier molecular flexibility index (Phi) is 5.12. The average molecular weight is 351 g/mol. The third kappa shape index (κ3) is 4.14. The number of carbonyl (C=O) groups is 1. The Morgan fingerprint density at radius 3 is 2.24 bits per heavy atom. The molecule has 0 heterocycles. The summed E-state index contributed by atoms with van der Waals surface area (Å²) in [6.07, 6.45) is 0.382. The number of carboxylic acid groups (broad SMARTS) is 1. The zero-order valence-corrected chi connectivity index (χ0v) is 13.2. The lowest BCUT2D eigenvalue weighted by Crippen LogP contribution is -2.22. The molecule has 0 spiro atoms. The molecule has 2 atom stereocenters. The second kappa shape index (κ2) is 6.85. The fourth-order valence-electron chi connectivity index (χ4n) is 2.35. The molecule has 2 aromatic carbocycles. The fraction of sp³-hybridized carbons (Fsp3) is 0.235. The molecule has 0 aliphatic carbocycles. The minimum absolute atomic E-state index is 0.124. The van der Waals surface area contributed by atoms with Crippen molar-refractivity contribution < 1.29 is 14.3 Å². The number of benzene rings is 2. The predicted octanol–water partition coefficient (Wildman–Crippen LogP) is 4.64. The summed E-state index contributed by atoms with van der Waals surface area (Å²) in [6, 6.07) is 13.7. The van der Waals surface area contributed by atoms with E-state index in [1.54, 1.807) is 12.1 Å². The van der Waals surface area contributed by atoms with E-state index in [1.807, 2.05) is 31.2 Å². The zero-order valence-electron chi connectivity index (χ0n) is 11.6. The highest BCUT2D eigenvalue weighted by molar-refractivity contribution is 9.10. The number of hydrogen-bond acceptors (Lipinski definition) is 1. The summed E-state index contributed by atoms with van der Waals surface area (Å²) in [5.74, 6) is -1.82. The molecule has 0 fully saturated rings. The van der Waals surface area contributed by atoms with Crippen LogP contribution in [0.3, 0.4) is 0 Å². The molecular formula is C17H16BrFO2.